The number of carbonyl (C=O) groups is 2. The predicted octanol–water partition coefficient (Wildman–Crippen LogP) is 1.71. The van der Waals surface area contributed by atoms with Gasteiger partial charge in [-0.2, -0.15) is 0 Å². The third-order valence-electron chi connectivity index (χ3n) is 2.21. The Bertz CT molecular complexity index is 514. The summed E-state index contributed by atoms with van der Waals surface area (Å²) in [6.45, 7) is 2.06. The zero-order chi connectivity index (χ0) is 13.0. The highest BCUT2D eigenvalue weighted by atomic mass is 32.2. The number of ether oxygens (including phenoxy) is 1. The van der Waals surface area contributed by atoms with E-state index in [1.54, 1.807) is 31.2 Å². The van der Waals surface area contributed by atoms with Gasteiger partial charge in [-0.15, -0.1) is 0 Å². The molecule has 2 rings (SSSR count). The van der Waals surface area contributed by atoms with Crippen LogP contribution in [-0.4, -0.2) is 29.4 Å². The predicted molar refractivity (Wildman–Crippen MR) is 70.1 cm³/mol. The molecule has 0 atom stereocenters. The van der Waals surface area contributed by atoms with Crippen LogP contribution in [0.3, 0.4) is 0 Å². The third kappa shape index (κ3) is 2.89. The molecule has 0 spiro atoms. The summed E-state index contributed by atoms with van der Waals surface area (Å²) in [6, 6.07) is 6.89. The molecule has 1 aromatic carbocycles. The van der Waals surface area contributed by atoms with Crippen molar-refractivity contribution in [3.63, 3.8) is 0 Å². The van der Waals surface area contributed by atoms with E-state index in [0.29, 0.717) is 28.8 Å². The molecule has 1 fully saturated rings. The minimum absolute atomic E-state index is 0.0765. The molecule has 1 aliphatic rings. The normalized spacial score (nSPS) is 16.7. The lowest BCUT2D eigenvalue weighted by Crippen LogP contribution is -2.20. The second-order valence-corrected chi connectivity index (χ2v) is 4.46. The molecular weight excluding hydrogens is 252 g/mol. The molecule has 0 bridgehead atoms. The van der Waals surface area contributed by atoms with Crippen molar-refractivity contribution in [1.82, 2.24) is 5.32 Å². The van der Waals surface area contributed by atoms with Gasteiger partial charge < -0.3 is 10.1 Å². The van der Waals surface area contributed by atoms with Crippen LogP contribution in [-0.2, 0) is 9.53 Å². The highest BCUT2D eigenvalue weighted by Gasteiger charge is 2.18. The number of esters is 1. The van der Waals surface area contributed by atoms with Crippen molar-refractivity contribution in [3.8, 4) is 0 Å². The van der Waals surface area contributed by atoms with E-state index in [0.717, 1.165) is 0 Å². The van der Waals surface area contributed by atoms with Gasteiger partial charge in [0.15, 0.2) is 5.17 Å². The molecule has 1 heterocycles. The Kier molecular flexibility index (Phi) is 3.99. The van der Waals surface area contributed by atoms with Crippen molar-refractivity contribution in [3.05, 3.63) is 29.8 Å². The van der Waals surface area contributed by atoms with Crippen LogP contribution in [0, 0.1) is 0 Å². The molecule has 5 nitrogen and oxygen atoms in total. The maximum atomic E-state index is 11.7. The summed E-state index contributed by atoms with van der Waals surface area (Å²) in [5.41, 5.74) is 0.897. The number of amides is 1. The molecule has 0 aliphatic carbocycles. The molecule has 0 saturated carbocycles. The van der Waals surface area contributed by atoms with Crippen LogP contribution in [0.4, 0.5) is 5.69 Å². The first-order valence-corrected chi connectivity index (χ1v) is 6.46. The summed E-state index contributed by atoms with van der Waals surface area (Å²) in [4.78, 5) is 27.0. The van der Waals surface area contributed by atoms with E-state index < -0.39 is 5.97 Å². The number of hydrogen-bond donors (Lipinski definition) is 1. The van der Waals surface area contributed by atoms with Gasteiger partial charge in [0.05, 0.1) is 23.6 Å². The molecule has 94 valence electrons. The molecule has 1 amide bonds. The number of amidine groups is 1. The van der Waals surface area contributed by atoms with Crippen molar-refractivity contribution in [2.24, 2.45) is 4.99 Å². The quantitative estimate of drug-likeness (QED) is 0.844. The fraction of sp³-hybridized carbons (Fsp3) is 0.250. The van der Waals surface area contributed by atoms with E-state index in [4.69, 9.17) is 4.74 Å². The van der Waals surface area contributed by atoms with Gasteiger partial charge in [-0.25, -0.2) is 9.79 Å². The van der Waals surface area contributed by atoms with E-state index in [9.17, 15) is 9.59 Å². The van der Waals surface area contributed by atoms with Gasteiger partial charge in [0.2, 0.25) is 5.91 Å². The van der Waals surface area contributed by atoms with Crippen LogP contribution in [0.5, 0.6) is 0 Å². The van der Waals surface area contributed by atoms with Crippen molar-refractivity contribution in [2.75, 3.05) is 12.4 Å². The average Bonchev–Trinajstić information content (AvgIpc) is 2.76. The summed E-state index contributed by atoms with van der Waals surface area (Å²) < 4.78 is 4.95. The lowest BCUT2D eigenvalue weighted by molar-refractivity contribution is -0.116. The van der Waals surface area contributed by atoms with Crippen LogP contribution >= 0.6 is 11.8 Å². The van der Waals surface area contributed by atoms with Gasteiger partial charge in [-0.3, -0.25) is 4.79 Å². The number of carbonyl (C=O) groups excluding carboxylic acids is 2. The Morgan fingerprint density at radius 1 is 1.50 bits per heavy atom. The van der Waals surface area contributed by atoms with Gasteiger partial charge in [-0.05, 0) is 19.1 Å². The van der Waals surface area contributed by atoms with Gasteiger partial charge in [0.1, 0.15) is 0 Å². The monoisotopic (exact) mass is 264 g/mol. The second kappa shape index (κ2) is 5.68. The van der Waals surface area contributed by atoms with Crippen LogP contribution in [0.2, 0.25) is 0 Å². The minimum Gasteiger partial charge on any atom is -0.462 e. The Morgan fingerprint density at radius 3 is 2.94 bits per heavy atom. The van der Waals surface area contributed by atoms with Gasteiger partial charge in [0.25, 0.3) is 0 Å². The highest BCUT2D eigenvalue weighted by Crippen LogP contribution is 2.22. The van der Waals surface area contributed by atoms with Gasteiger partial charge in [0, 0.05) is 0 Å². The fourth-order valence-electron chi connectivity index (χ4n) is 1.45. The maximum Gasteiger partial charge on any atom is 0.340 e. The van der Waals surface area contributed by atoms with E-state index in [-0.39, 0.29) is 5.91 Å². The van der Waals surface area contributed by atoms with Crippen molar-refractivity contribution >= 4 is 34.5 Å². The summed E-state index contributed by atoms with van der Waals surface area (Å²) >= 11 is 1.32. The SMILES string of the molecule is CCOC(=O)c1ccccc1N=C1NC(=O)CS1. The maximum absolute atomic E-state index is 11.7. The zero-order valence-corrected chi connectivity index (χ0v) is 10.6. The average molecular weight is 264 g/mol. The molecule has 18 heavy (non-hydrogen) atoms. The Hall–Kier alpha value is -1.82. The summed E-state index contributed by atoms with van der Waals surface area (Å²) in [5.74, 6) is -0.125. The molecule has 1 N–H and O–H groups in total. The fourth-order valence-corrected chi connectivity index (χ4v) is 2.14. The Morgan fingerprint density at radius 2 is 2.28 bits per heavy atom. The Balaban J connectivity index is 2.28. The molecule has 1 aliphatic heterocycles. The second-order valence-electron chi connectivity index (χ2n) is 3.49. The van der Waals surface area contributed by atoms with E-state index in [1.807, 2.05) is 0 Å². The van der Waals surface area contributed by atoms with Gasteiger partial charge >= 0.3 is 5.97 Å². The molecule has 0 aromatic heterocycles. The standard InChI is InChI=1S/C12H12N2O3S/c1-2-17-11(16)8-5-3-4-6-9(8)13-12-14-10(15)7-18-12/h3-6H,2,7H2,1H3,(H,13,14,15). The van der Waals surface area contributed by atoms with Crippen LogP contribution in [0.25, 0.3) is 0 Å². The molecule has 6 heteroatoms. The number of nitrogens with one attached hydrogen (secondary N) is 1. The molecule has 0 unspecified atom stereocenters. The first-order valence-electron chi connectivity index (χ1n) is 5.48. The number of aliphatic imine (C=N–C) groups is 1. The summed E-state index contributed by atoms with van der Waals surface area (Å²) in [6.07, 6.45) is 0. The van der Waals surface area contributed by atoms with Crippen molar-refractivity contribution in [1.29, 1.82) is 0 Å². The first-order chi connectivity index (χ1) is 8.70. The van der Waals surface area contributed by atoms with Crippen LogP contribution in [0.1, 0.15) is 17.3 Å². The summed E-state index contributed by atoms with van der Waals surface area (Å²) in [5, 5.41) is 3.13. The molecular formula is C12H12N2O3S. The minimum atomic E-state index is -0.410. The molecule has 1 aromatic rings. The number of benzene rings is 1. The topological polar surface area (TPSA) is 67.8 Å². The van der Waals surface area contributed by atoms with E-state index >= 15 is 0 Å². The van der Waals surface area contributed by atoms with E-state index in [1.165, 1.54) is 11.8 Å². The smallest absolute Gasteiger partial charge is 0.340 e. The number of nitrogens with zero attached hydrogens (tertiary/aromatic N) is 1. The third-order valence-corrected chi connectivity index (χ3v) is 3.08. The number of thioether (sulfide) groups is 1. The van der Waals surface area contributed by atoms with Gasteiger partial charge in [-0.1, -0.05) is 23.9 Å². The highest BCUT2D eigenvalue weighted by molar-refractivity contribution is 8.15. The lowest BCUT2D eigenvalue weighted by atomic mass is 10.2. The molecule has 0 radical (unpaired) electrons. The van der Waals surface area contributed by atoms with Crippen LogP contribution in [0.15, 0.2) is 29.3 Å². The summed E-state index contributed by atoms with van der Waals surface area (Å²) in [7, 11) is 0. The first kappa shape index (κ1) is 12.6. The Labute approximate surface area is 109 Å². The van der Waals surface area contributed by atoms with Crippen molar-refractivity contribution in [2.45, 2.75) is 6.92 Å². The lowest BCUT2D eigenvalue weighted by Gasteiger charge is -2.05. The van der Waals surface area contributed by atoms with Crippen molar-refractivity contribution < 1.29 is 14.3 Å². The molecule has 1 saturated heterocycles. The largest absolute Gasteiger partial charge is 0.462 e. The number of hydrogen-bond acceptors (Lipinski definition) is 5. The number of rotatable bonds is 3. The van der Waals surface area contributed by atoms with E-state index in [2.05, 4.69) is 10.3 Å². The zero-order valence-electron chi connectivity index (χ0n) is 9.80. The van der Waals surface area contributed by atoms with Crippen LogP contribution < -0.4 is 5.32 Å². The number of para-hydroxylation sites is 1.